The average Bonchev–Trinajstić information content (AvgIpc) is 2.33. The van der Waals surface area contributed by atoms with Crippen molar-refractivity contribution in [1.29, 1.82) is 0 Å². The minimum Gasteiger partial charge on any atom is -0.364 e. The van der Waals surface area contributed by atoms with Crippen molar-refractivity contribution in [3.8, 4) is 0 Å². The van der Waals surface area contributed by atoms with E-state index in [1.54, 1.807) is 6.20 Å². The standard InChI is InChI=1S/C13H15ClN4/c1-8-5-4-6-15-11(8)7-16-13-9(2)12(14)17-10(3)18-13/h4-6H,7H2,1-3H3,(H,16,17,18). The molecule has 0 bridgehead atoms. The molecule has 94 valence electrons. The van der Waals surface area contributed by atoms with Gasteiger partial charge in [0.25, 0.3) is 0 Å². The summed E-state index contributed by atoms with van der Waals surface area (Å²) in [6.45, 7) is 6.38. The van der Waals surface area contributed by atoms with Crippen LogP contribution in [0.5, 0.6) is 0 Å². The molecule has 0 aliphatic carbocycles. The molecule has 2 heterocycles. The number of pyridine rings is 1. The van der Waals surface area contributed by atoms with E-state index < -0.39 is 0 Å². The van der Waals surface area contributed by atoms with Gasteiger partial charge in [-0.05, 0) is 32.4 Å². The molecular weight excluding hydrogens is 248 g/mol. The zero-order chi connectivity index (χ0) is 13.1. The number of nitrogens with one attached hydrogen (secondary N) is 1. The van der Waals surface area contributed by atoms with Gasteiger partial charge in [-0.1, -0.05) is 17.7 Å². The first kappa shape index (κ1) is 12.8. The number of rotatable bonds is 3. The molecular formula is C13H15ClN4. The van der Waals surface area contributed by atoms with Crippen molar-refractivity contribution >= 4 is 17.4 Å². The molecule has 0 saturated heterocycles. The van der Waals surface area contributed by atoms with Crippen LogP contribution in [0.3, 0.4) is 0 Å². The Morgan fingerprint density at radius 3 is 2.72 bits per heavy atom. The SMILES string of the molecule is Cc1nc(Cl)c(C)c(NCc2ncccc2C)n1. The summed E-state index contributed by atoms with van der Waals surface area (Å²) in [6, 6.07) is 3.96. The zero-order valence-electron chi connectivity index (χ0n) is 10.7. The molecule has 0 radical (unpaired) electrons. The first-order valence-corrected chi connectivity index (χ1v) is 6.11. The molecule has 0 fully saturated rings. The van der Waals surface area contributed by atoms with E-state index in [0.29, 0.717) is 17.5 Å². The molecule has 0 spiro atoms. The third-order valence-electron chi connectivity index (χ3n) is 2.74. The van der Waals surface area contributed by atoms with Gasteiger partial charge in [-0.3, -0.25) is 4.98 Å². The lowest BCUT2D eigenvalue weighted by Gasteiger charge is -2.11. The summed E-state index contributed by atoms with van der Waals surface area (Å²) in [5, 5.41) is 3.74. The van der Waals surface area contributed by atoms with Crippen molar-refractivity contribution in [2.75, 3.05) is 5.32 Å². The summed E-state index contributed by atoms with van der Waals surface area (Å²) in [4.78, 5) is 12.8. The van der Waals surface area contributed by atoms with E-state index >= 15 is 0 Å². The van der Waals surface area contributed by atoms with Gasteiger partial charge in [-0.25, -0.2) is 9.97 Å². The van der Waals surface area contributed by atoms with Crippen LogP contribution in [0.2, 0.25) is 5.15 Å². The van der Waals surface area contributed by atoms with Crippen molar-refractivity contribution < 1.29 is 0 Å². The first-order valence-electron chi connectivity index (χ1n) is 5.73. The minimum atomic E-state index is 0.489. The van der Waals surface area contributed by atoms with E-state index in [9.17, 15) is 0 Å². The van der Waals surface area contributed by atoms with Crippen molar-refractivity contribution in [2.24, 2.45) is 0 Å². The number of nitrogens with zero attached hydrogens (tertiary/aromatic N) is 3. The van der Waals surface area contributed by atoms with E-state index in [-0.39, 0.29) is 0 Å². The monoisotopic (exact) mass is 262 g/mol. The van der Waals surface area contributed by atoms with Crippen LogP contribution < -0.4 is 5.32 Å². The fourth-order valence-corrected chi connectivity index (χ4v) is 1.85. The van der Waals surface area contributed by atoms with Gasteiger partial charge in [-0.15, -0.1) is 0 Å². The largest absolute Gasteiger partial charge is 0.364 e. The lowest BCUT2D eigenvalue weighted by Crippen LogP contribution is -2.08. The summed E-state index contributed by atoms with van der Waals surface area (Å²) >= 11 is 6.03. The Balaban J connectivity index is 2.18. The maximum atomic E-state index is 6.03. The van der Waals surface area contributed by atoms with Crippen molar-refractivity contribution in [3.63, 3.8) is 0 Å². The molecule has 1 N–H and O–H groups in total. The van der Waals surface area contributed by atoms with E-state index in [4.69, 9.17) is 11.6 Å². The fourth-order valence-electron chi connectivity index (χ4n) is 1.64. The highest BCUT2D eigenvalue weighted by molar-refractivity contribution is 6.30. The van der Waals surface area contributed by atoms with Gasteiger partial charge < -0.3 is 5.32 Å². The molecule has 0 unspecified atom stereocenters. The number of hydrogen-bond donors (Lipinski definition) is 1. The number of aryl methyl sites for hydroxylation is 2. The smallest absolute Gasteiger partial charge is 0.137 e. The Morgan fingerprint density at radius 2 is 2.00 bits per heavy atom. The molecule has 4 nitrogen and oxygen atoms in total. The molecule has 0 aromatic carbocycles. The zero-order valence-corrected chi connectivity index (χ0v) is 11.4. The van der Waals surface area contributed by atoms with E-state index in [1.165, 1.54) is 0 Å². The van der Waals surface area contributed by atoms with Crippen LogP contribution in [0.1, 0.15) is 22.6 Å². The lowest BCUT2D eigenvalue weighted by atomic mass is 10.2. The number of aromatic nitrogens is 3. The Bertz CT molecular complexity index is 569. The summed E-state index contributed by atoms with van der Waals surface area (Å²) in [7, 11) is 0. The van der Waals surface area contributed by atoms with Gasteiger partial charge in [0.15, 0.2) is 0 Å². The molecule has 0 saturated carbocycles. The predicted octanol–water partition coefficient (Wildman–Crippen LogP) is 3.06. The van der Waals surface area contributed by atoms with Gasteiger partial charge in [0.05, 0.1) is 12.2 Å². The molecule has 2 rings (SSSR count). The van der Waals surface area contributed by atoms with Crippen LogP contribution >= 0.6 is 11.6 Å². The van der Waals surface area contributed by atoms with Crippen LogP contribution in [0.15, 0.2) is 18.3 Å². The van der Waals surface area contributed by atoms with Gasteiger partial charge in [-0.2, -0.15) is 0 Å². The van der Waals surface area contributed by atoms with Crippen molar-refractivity contribution in [2.45, 2.75) is 27.3 Å². The Labute approximate surface area is 111 Å². The summed E-state index contributed by atoms with van der Waals surface area (Å²) in [6.07, 6.45) is 1.79. The molecule has 0 aliphatic heterocycles. The highest BCUT2D eigenvalue weighted by Crippen LogP contribution is 2.20. The Hall–Kier alpha value is -1.68. The second kappa shape index (κ2) is 5.31. The summed E-state index contributed by atoms with van der Waals surface area (Å²) < 4.78 is 0. The maximum absolute atomic E-state index is 6.03. The van der Waals surface area contributed by atoms with Crippen LogP contribution in [0.25, 0.3) is 0 Å². The van der Waals surface area contributed by atoms with Crippen LogP contribution in [-0.2, 0) is 6.54 Å². The number of anilines is 1. The van der Waals surface area contributed by atoms with E-state index in [0.717, 1.165) is 22.6 Å². The van der Waals surface area contributed by atoms with Crippen molar-refractivity contribution in [3.05, 3.63) is 46.1 Å². The molecule has 5 heteroatoms. The minimum absolute atomic E-state index is 0.489. The highest BCUT2D eigenvalue weighted by atomic mass is 35.5. The summed E-state index contributed by atoms with van der Waals surface area (Å²) in [5.74, 6) is 1.42. The van der Waals surface area contributed by atoms with Crippen LogP contribution in [-0.4, -0.2) is 15.0 Å². The second-order valence-electron chi connectivity index (χ2n) is 4.16. The van der Waals surface area contributed by atoms with Gasteiger partial charge in [0, 0.05) is 11.8 Å². The average molecular weight is 263 g/mol. The molecule has 0 aliphatic rings. The topological polar surface area (TPSA) is 50.7 Å². The van der Waals surface area contributed by atoms with Crippen LogP contribution in [0, 0.1) is 20.8 Å². The Kier molecular flexibility index (Phi) is 3.77. The lowest BCUT2D eigenvalue weighted by molar-refractivity contribution is 0.970. The normalized spacial score (nSPS) is 10.4. The highest BCUT2D eigenvalue weighted by Gasteiger charge is 2.07. The third kappa shape index (κ3) is 2.76. The molecule has 2 aromatic heterocycles. The fraction of sp³-hybridized carbons (Fsp3) is 0.308. The van der Waals surface area contributed by atoms with Crippen molar-refractivity contribution in [1.82, 2.24) is 15.0 Å². The van der Waals surface area contributed by atoms with Gasteiger partial charge >= 0.3 is 0 Å². The molecule has 2 aromatic rings. The van der Waals surface area contributed by atoms with E-state index in [1.807, 2.05) is 32.9 Å². The summed E-state index contributed by atoms with van der Waals surface area (Å²) in [5.41, 5.74) is 3.01. The molecule has 0 amide bonds. The Morgan fingerprint density at radius 1 is 1.22 bits per heavy atom. The quantitative estimate of drug-likeness (QED) is 0.864. The van der Waals surface area contributed by atoms with E-state index in [2.05, 4.69) is 20.3 Å². The molecule has 0 atom stereocenters. The van der Waals surface area contributed by atoms with Gasteiger partial charge in [0.1, 0.15) is 16.8 Å². The van der Waals surface area contributed by atoms with Gasteiger partial charge in [0.2, 0.25) is 0 Å². The number of halogens is 1. The third-order valence-corrected chi connectivity index (χ3v) is 3.11. The predicted molar refractivity (Wildman–Crippen MR) is 72.8 cm³/mol. The van der Waals surface area contributed by atoms with Crippen LogP contribution in [0.4, 0.5) is 5.82 Å². The second-order valence-corrected chi connectivity index (χ2v) is 4.51. The maximum Gasteiger partial charge on any atom is 0.137 e. The molecule has 18 heavy (non-hydrogen) atoms. The number of hydrogen-bond acceptors (Lipinski definition) is 4. The first-order chi connectivity index (χ1) is 8.58.